The lowest BCUT2D eigenvalue weighted by Crippen LogP contribution is -2.52. The Kier molecular flexibility index (Phi) is 10.9. The first-order valence-electron chi connectivity index (χ1n) is 13.9. The highest BCUT2D eigenvalue weighted by Gasteiger charge is 2.33. The monoisotopic (exact) mass is 563 g/mol. The highest BCUT2D eigenvalue weighted by atomic mass is 32.2. The van der Waals surface area contributed by atoms with Gasteiger partial charge in [-0.25, -0.2) is 8.42 Å². The Balaban J connectivity index is 2.04. The molecular weight excluding hydrogens is 522 g/mol. The van der Waals surface area contributed by atoms with E-state index in [1.54, 1.807) is 30.3 Å². The van der Waals surface area contributed by atoms with Crippen LogP contribution < -0.4 is 9.62 Å². The van der Waals surface area contributed by atoms with Crippen LogP contribution in [-0.4, -0.2) is 44.3 Å². The molecule has 0 saturated heterocycles. The standard InChI is InChI=1S/C32H41N3O4S/c1-6-21-33-32(37)30(7-2)34(22-26-15-13-25(5)14-16-26)31(36)23-35(28-19-17-27(18-20-28)24(3)4)40(38,39)29-11-9-8-10-12-29/h8-20,24,30H,6-7,21-23H2,1-5H3,(H,33,37)/t30-/m0/s1. The van der Waals surface area contributed by atoms with E-state index in [4.69, 9.17) is 0 Å². The van der Waals surface area contributed by atoms with Crippen LogP contribution in [0.2, 0.25) is 0 Å². The number of amides is 2. The fraction of sp³-hybridized carbons (Fsp3) is 0.375. The number of rotatable bonds is 13. The molecule has 0 aliphatic carbocycles. The Morgan fingerprint density at radius 3 is 2.05 bits per heavy atom. The van der Waals surface area contributed by atoms with Gasteiger partial charge in [0.2, 0.25) is 11.8 Å². The molecule has 1 atom stereocenters. The number of benzene rings is 3. The number of nitrogens with zero attached hydrogens (tertiary/aromatic N) is 2. The number of sulfonamides is 1. The Labute approximate surface area is 239 Å². The van der Waals surface area contributed by atoms with Crippen molar-refractivity contribution >= 4 is 27.5 Å². The molecule has 3 aromatic carbocycles. The second-order valence-electron chi connectivity index (χ2n) is 10.3. The lowest BCUT2D eigenvalue weighted by molar-refractivity contribution is -0.140. The second kappa shape index (κ2) is 14.1. The first kappa shape index (κ1) is 30.9. The van der Waals surface area contributed by atoms with Crippen LogP contribution in [0, 0.1) is 6.92 Å². The average molecular weight is 564 g/mol. The maximum atomic E-state index is 14.1. The number of anilines is 1. The number of nitrogens with one attached hydrogen (secondary N) is 1. The fourth-order valence-corrected chi connectivity index (χ4v) is 5.88. The van der Waals surface area contributed by atoms with Gasteiger partial charge in [-0.3, -0.25) is 13.9 Å². The molecule has 0 bridgehead atoms. The summed E-state index contributed by atoms with van der Waals surface area (Å²) >= 11 is 0. The molecule has 3 aromatic rings. The number of aryl methyl sites for hydroxylation is 1. The zero-order chi connectivity index (χ0) is 29.3. The van der Waals surface area contributed by atoms with E-state index in [0.717, 1.165) is 27.4 Å². The van der Waals surface area contributed by atoms with Crippen LogP contribution in [0.15, 0.2) is 83.8 Å². The molecule has 7 nitrogen and oxygen atoms in total. The largest absolute Gasteiger partial charge is 0.354 e. The van der Waals surface area contributed by atoms with Crippen LogP contribution >= 0.6 is 0 Å². The number of hydrogen-bond donors (Lipinski definition) is 1. The van der Waals surface area contributed by atoms with Crippen LogP contribution in [0.3, 0.4) is 0 Å². The minimum absolute atomic E-state index is 0.0913. The number of hydrogen-bond acceptors (Lipinski definition) is 4. The molecule has 0 aliphatic rings. The summed E-state index contributed by atoms with van der Waals surface area (Å²) in [5.74, 6) is -0.429. The Morgan fingerprint density at radius 2 is 1.50 bits per heavy atom. The molecule has 0 heterocycles. The van der Waals surface area contributed by atoms with Gasteiger partial charge in [-0.2, -0.15) is 0 Å². The van der Waals surface area contributed by atoms with Crippen molar-refractivity contribution in [3.63, 3.8) is 0 Å². The quantitative estimate of drug-likeness (QED) is 0.291. The summed E-state index contributed by atoms with van der Waals surface area (Å²) in [5, 5.41) is 2.91. The van der Waals surface area contributed by atoms with E-state index in [2.05, 4.69) is 19.2 Å². The van der Waals surface area contributed by atoms with Crippen molar-refractivity contribution in [1.29, 1.82) is 0 Å². The maximum absolute atomic E-state index is 14.1. The topological polar surface area (TPSA) is 86.8 Å². The van der Waals surface area contributed by atoms with Gasteiger partial charge in [0.05, 0.1) is 10.6 Å². The molecule has 214 valence electrons. The molecule has 0 aliphatic heterocycles. The van der Waals surface area contributed by atoms with Crippen LogP contribution in [0.1, 0.15) is 63.1 Å². The zero-order valence-electron chi connectivity index (χ0n) is 24.1. The molecule has 0 aromatic heterocycles. The highest BCUT2D eigenvalue weighted by molar-refractivity contribution is 7.92. The smallest absolute Gasteiger partial charge is 0.264 e. The molecule has 0 spiro atoms. The average Bonchev–Trinajstić information content (AvgIpc) is 2.96. The highest BCUT2D eigenvalue weighted by Crippen LogP contribution is 2.27. The normalized spacial score (nSPS) is 12.2. The summed E-state index contributed by atoms with van der Waals surface area (Å²) in [5.41, 5.74) is 3.39. The van der Waals surface area contributed by atoms with E-state index in [-0.39, 0.29) is 23.3 Å². The van der Waals surface area contributed by atoms with Crippen molar-refractivity contribution in [1.82, 2.24) is 10.2 Å². The summed E-state index contributed by atoms with van der Waals surface area (Å²) in [4.78, 5) is 28.8. The summed E-state index contributed by atoms with van der Waals surface area (Å²) in [6.07, 6.45) is 1.16. The maximum Gasteiger partial charge on any atom is 0.264 e. The summed E-state index contributed by atoms with van der Waals surface area (Å²) in [6, 6.07) is 22.4. The Morgan fingerprint density at radius 1 is 0.875 bits per heavy atom. The van der Waals surface area contributed by atoms with Crippen molar-refractivity contribution in [2.24, 2.45) is 0 Å². The van der Waals surface area contributed by atoms with Crippen LogP contribution in [0.25, 0.3) is 0 Å². The third kappa shape index (κ3) is 7.72. The molecule has 8 heteroatoms. The van der Waals surface area contributed by atoms with Gasteiger partial charge in [0.1, 0.15) is 12.6 Å². The molecule has 0 radical (unpaired) electrons. The van der Waals surface area contributed by atoms with E-state index in [0.29, 0.717) is 18.7 Å². The summed E-state index contributed by atoms with van der Waals surface area (Å²) in [6.45, 7) is 10.2. The van der Waals surface area contributed by atoms with E-state index in [1.165, 1.54) is 17.0 Å². The SMILES string of the molecule is CCCNC(=O)[C@H](CC)N(Cc1ccc(C)cc1)C(=O)CN(c1ccc(C(C)C)cc1)S(=O)(=O)c1ccccc1. The van der Waals surface area contributed by atoms with Gasteiger partial charge in [0, 0.05) is 13.1 Å². The van der Waals surface area contributed by atoms with Gasteiger partial charge in [-0.05, 0) is 61.1 Å². The molecule has 40 heavy (non-hydrogen) atoms. The Hall–Kier alpha value is -3.65. The van der Waals surface area contributed by atoms with E-state index < -0.39 is 28.5 Å². The van der Waals surface area contributed by atoms with Crippen molar-refractivity contribution in [2.75, 3.05) is 17.4 Å². The van der Waals surface area contributed by atoms with Crippen LogP contribution in [-0.2, 0) is 26.2 Å². The Bertz CT molecular complexity index is 1360. The van der Waals surface area contributed by atoms with Crippen LogP contribution in [0.4, 0.5) is 5.69 Å². The fourth-order valence-electron chi connectivity index (χ4n) is 4.45. The third-order valence-corrected chi connectivity index (χ3v) is 8.65. The third-order valence-electron chi connectivity index (χ3n) is 6.87. The minimum atomic E-state index is -4.08. The lowest BCUT2D eigenvalue weighted by atomic mass is 10.0. The minimum Gasteiger partial charge on any atom is -0.354 e. The molecule has 0 saturated carbocycles. The van der Waals surface area contributed by atoms with Crippen molar-refractivity contribution in [3.8, 4) is 0 Å². The van der Waals surface area contributed by atoms with Gasteiger partial charge >= 0.3 is 0 Å². The number of carbonyl (C=O) groups excluding carboxylic acids is 2. The summed E-state index contributed by atoms with van der Waals surface area (Å²) in [7, 11) is -4.08. The molecule has 0 fully saturated rings. The van der Waals surface area contributed by atoms with Crippen molar-refractivity contribution in [2.45, 2.75) is 70.9 Å². The van der Waals surface area contributed by atoms with E-state index >= 15 is 0 Å². The van der Waals surface area contributed by atoms with Crippen LogP contribution in [0.5, 0.6) is 0 Å². The molecule has 1 N–H and O–H groups in total. The predicted octanol–water partition coefficient (Wildman–Crippen LogP) is 5.65. The molecule has 3 rings (SSSR count). The van der Waals surface area contributed by atoms with Crippen molar-refractivity contribution in [3.05, 3.63) is 95.6 Å². The molecular formula is C32H41N3O4S. The van der Waals surface area contributed by atoms with Gasteiger partial charge in [-0.15, -0.1) is 0 Å². The first-order chi connectivity index (χ1) is 19.1. The molecule has 0 unspecified atom stereocenters. The second-order valence-corrected chi connectivity index (χ2v) is 12.2. The van der Waals surface area contributed by atoms with Gasteiger partial charge in [0.15, 0.2) is 0 Å². The van der Waals surface area contributed by atoms with E-state index in [9.17, 15) is 18.0 Å². The van der Waals surface area contributed by atoms with Gasteiger partial charge in [0.25, 0.3) is 10.0 Å². The molecule has 2 amide bonds. The predicted molar refractivity (Wildman–Crippen MR) is 161 cm³/mol. The summed E-state index contributed by atoms with van der Waals surface area (Å²) < 4.78 is 28.9. The zero-order valence-corrected chi connectivity index (χ0v) is 24.9. The lowest BCUT2D eigenvalue weighted by Gasteiger charge is -2.33. The van der Waals surface area contributed by atoms with E-state index in [1.807, 2.05) is 57.2 Å². The number of carbonyl (C=O) groups is 2. The first-order valence-corrected chi connectivity index (χ1v) is 15.3. The van der Waals surface area contributed by atoms with Crippen molar-refractivity contribution < 1.29 is 18.0 Å². The van der Waals surface area contributed by atoms with Gasteiger partial charge in [-0.1, -0.05) is 87.9 Å². The van der Waals surface area contributed by atoms with Gasteiger partial charge < -0.3 is 10.2 Å².